The van der Waals surface area contributed by atoms with Crippen LogP contribution in [0.3, 0.4) is 0 Å². The van der Waals surface area contributed by atoms with E-state index in [9.17, 15) is 4.79 Å². The van der Waals surface area contributed by atoms with Gasteiger partial charge in [-0.15, -0.1) is 0 Å². The molecule has 2 heterocycles. The standard InChI is InChI=1S/C25H32NO4.C6H10.C2H6.CH3N/c1-25(2,19-8-5-18(6-9-19)7-12-22-16-29-22)20-10-13-21(14-11-20)28-17-23-15-26(3,4)24(27)30-23;1-4-6(3)5-2;2*1-2/h5-6,8-11,13-14,22-23H,7,12,15-17H2,1-4H3;4-5H,1H2,2-3H3;1-2H3;2H,1H2/q+1;;;/b;6-5-;;. The number of hydrogen-bond donors (Lipinski definition) is 1. The normalized spacial score (nSPS) is 18.9. The van der Waals surface area contributed by atoms with Gasteiger partial charge in [0.2, 0.25) is 0 Å². The molecule has 2 aromatic rings. The fourth-order valence-electron chi connectivity index (χ4n) is 4.08. The van der Waals surface area contributed by atoms with Gasteiger partial charge in [-0.1, -0.05) is 88.4 Å². The molecule has 6 nitrogen and oxygen atoms in total. The van der Waals surface area contributed by atoms with Crippen LogP contribution < -0.4 is 4.74 Å². The number of carbonyl (C=O) groups excluding carboxylic acids is 1. The first-order valence-electron chi connectivity index (χ1n) is 14.1. The highest BCUT2D eigenvalue weighted by Gasteiger charge is 2.42. The number of quaternary nitrogens is 1. The van der Waals surface area contributed by atoms with Crippen LogP contribution in [-0.4, -0.2) is 63.4 Å². The Bertz CT molecular complexity index is 1070. The molecular weight excluding hydrogens is 500 g/mol. The highest BCUT2D eigenvalue weighted by molar-refractivity contribution is 5.61. The van der Waals surface area contributed by atoms with Crippen LogP contribution in [-0.2, 0) is 21.3 Å². The van der Waals surface area contributed by atoms with E-state index in [1.54, 1.807) is 0 Å². The van der Waals surface area contributed by atoms with E-state index in [0.717, 1.165) is 25.2 Å². The molecule has 0 aliphatic carbocycles. The Morgan fingerprint density at radius 1 is 1.05 bits per heavy atom. The molecule has 2 aromatic carbocycles. The predicted molar refractivity (Wildman–Crippen MR) is 167 cm³/mol. The fourth-order valence-corrected chi connectivity index (χ4v) is 4.08. The lowest BCUT2D eigenvalue weighted by Crippen LogP contribution is -2.41. The smallest absolute Gasteiger partial charge is 0.489 e. The summed E-state index contributed by atoms with van der Waals surface area (Å²) < 4.78 is 16.8. The van der Waals surface area contributed by atoms with Crippen LogP contribution in [0.5, 0.6) is 5.75 Å². The van der Waals surface area contributed by atoms with Gasteiger partial charge in [0.1, 0.15) is 18.9 Å². The lowest BCUT2D eigenvalue weighted by molar-refractivity contribution is -0.801. The molecule has 0 aromatic heterocycles. The molecule has 2 atom stereocenters. The number of carbonyl (C=O) groups is 1. The molecule has 220 valence electrons. The van der Waals surface area contributed by atoms with Gasteiger partial charge in [0.05, 0.1) is 26.8 Å². The average Bonchev–Trinajstić information content (AvgIpc) is 3.77. The van der Waals surface area contributed by atoms with Crippen LogP contribution in [0.15, 0.2) is 72.8 Å². The van der Waals surface area contributed by atoms with Gasteiger partial charge in [-0.3, -0.25) is 0 Å². The van der Waals surface area contributed by atoms with Crippen LogP contribution in [0.25, 0.3) is 0 Å². The second-order valence-electron chi connectivity index (χ2n) is 10.8. The molecule has 2 aliphatic heterocycles. The van der Waals surface area contributed by atoms with Crippen molar-refractivity contribution in [1.29, 1.82) is 5.41 Å². The van der Waals surface area contributed by atoms with Crippen LogP contribution in [0.2, 0.25) is 0 Å². The Kier molecular flexibility index (Phi) is 14.6. The Morgan fingerprint density at radius 2 is 1.57 bits per heavy atom. The summed E-state index contributed by atoms with van der Waals surface area (Å²) in [5, 5.41) is 5.50. The average molecular weight is 552 g/mol. The molecular formula is C34H51N2O4+. The zero-order valence-corrected chi connectivity index (χ0v) is 26.0. The summed E-state index contributed by atoms with van der Waals surface area (Å²) in [4.78, 5) is 11.8. The third kappa shape index (κ3) is 10.7. The molecule has 2 fully saturated rings. The first kappa shape index (κ1) is 34.8. The number of amides is 1. The Labute approximate surface area is 242 Å². The molecule has 2 unspecified atom stereocenters. The van der Waals surface area contributed by atoms with Gasteiger partial charge >= 0.3 is 6.09 Å². The number of benzene rings is 2. The molecule has 0 saturated carbocycles. The van der Waals surface area contributed by atoms with Crippen molar-refractivity contribution in [1.82, 2.24) is 0 Å². The van der Waals surface area contributed by atoms with Gasteiger partial charge in [-0.25, -0.2) is 4.48 Å². The summed E-state index contributed by atoms with van der Waals surface area (Å²) in [5.41, 5.74) is 5.02. The van der Waals surface area contributed by atoms with Crippen molar-refractivity contribution in [3.63, 3.8) is 0 Å². The van der Waals surface area contributed by atoms with Crippen LogP contribution >= 0.6 is 0 Å². The summed E-state index contributed by atoms with van der Waals surface area (Å²) >= 11 is 0. The van der Waals surface area contributed by atoms with E-state index >= 15 is 0 Å². The highest BCUT2D eigenvalue weighted by Crippen LogP contribution is 2.33. The number of cyclic esters (lactones) is 1. The van der Waals surface area contributed by atoms with Gasteiger partial charge < -0.3 is 19.6 Å². The number of likely N-dealkylation sites (N-methyl/N-ethyl adjacent to an activating group) is 1. The van der Waals surface area contributed by atoms with Crippen molar-refractivity contribution in [2.45, 2.75) is 72.0 Å². The molecule has 2 aliphatic rings. The zero-order valence-electron chi connectivity index (χ0n) is 26.0. The largest absolute Gasteiger partial charge is 0.516 e. The van der Waals surface area contributed by atoms with Gasteiger partial charge in [0, 0.05) is 5.41 Å². The van der Waals surface area contributed by atoms with Crippen molar-refractivity contribution < 1.29 is 23.5 Å². The minimum atomic E-state index is -0.201. The summed E-state index contributed by atoms with van der Waals surface area (Å²) in [6.07, 6.45) is 6.12. The lowest BCUT2D eigenvalue weighted by Gasteiger charge is -2.26. The fraction of sp³-hybridized carbons (Fsp3) is 0.471. The second kappa shape index (κ2) is 16.8. The molecule has 0 spiro atoms. The summed E-state index contributed by atoms with van der Waals surface area (Å²) in [6, 6.07) is 17.2. The van der Waals surface area contributed by atoms with E-state index in [1.165, 1.54) is 22.3 Å². The van der Waals surface area contributed by atoms with Crippen LogP contribution in [0.4, 0.5) is 4.79 Å². The first-order chi connectivity index (χ1) is 19.0. The molecule has 1 N–H and O–H groups in total. The van der Waals surface area contributed by atoms with Crippen LogP contribution in [0.1, 0.15) is 64.7 Å². The number of epoxide rings is 1. The Morgan fingerprint density at radius 3 is 1.98 bits per heavy atom. The third-order valence-corrected chi connectivity index (χ3v) is 7.04. The summed E-state index contributed by atoms with van der Waals surface area (Å²) in [6.45, 7) is 20.5. The molecule has 6 heteroatoms. The SMILES string of the molecule is C=C/C(C)=C\C.C=N.CC.CC(C)(c1ccc(CCC2CO2)cc1)c1ccc(OCC2C[N+](C)(C)C(=O)O2)cc1. The minimum absolute atomic E-state index is 0.0981. The van der Waals surface area contributed by atoms with E-state index in [2.05, 4.69) is 63.5 Å². The van der Waals surface area contributed by atoms with E-state index in [0.29, 0.717) is 19.3 Å². The predicted octanol–water partition coefficient (Wildman–Crippen LogP) is 7.75. The first-order valence-corrected chi connectivity index (χ1v) is 14.1. The van der Waals surface area contributed by atoms with Crippen molar-refractivity contribution in [3.8, 4) is 5.75 Å². The van der Waals surface area contributed by atoms with Crippen molar-refractivity contribution in [2.24, 2.45) is 0 Å². The van der Waals surface area contributed by atoms with Gasteiger partial charge in [-0.2, -0.15) is 4.79 Å². The minimum Gasteiger partial charge on any atom is -0.489 e. The van der Waals surface area contributed by atoms with Crippen LogP contribution in [0, 0.1) is 5.41 Å². The topological polar surface area (TPSA) is 71.9 Å². The van der Waals surface area contributed by atoms with Gasteiger partial charge in [0.25, 0.3) is 0 Å². The monoisotopic (exact) mass is 551 g/mol. The van der Waals surface area contributed by atoms with E-state index in [1.807, 2.05) is 66.1 Å². The number of allylic oxidation sites excluding steroid dienone is 3. The molecule has 4 rings (SSSR count). The quantitative estimate of drug-likeness (QED) is 0.150. The van der Waals surface area contributed by atoms with Crippen molar-refractivity contribution in [3.05, 3.63) is 89.5 Å². The molecule has 1 amide bonds. The molecule has 0 bridgehead atoms. The van der Waals surface area contributed by atoms with Gasteiger partial charge in [-0.05, 0) is 62.2 Å². The maximum absolute atomic E-state index is 11.8. The number of nitrogens with zero attached hydrogens (tertiary/aromatic N) is 1. The van der Waals surface area contributed by atoms with E-state index in [-0.39, 0.29) is 22.1 Å². The maximum atomic E-state index is 11.8. The second-order valence-corrected chi connectivity index (χ2v) is 10.8. The molecule has 40 heavy (non-hydrogen) atoms. The number of hydrogen-bond acceptors (Lipinski definition) is 5. The number of ether oxygens (including phenoxy) is 3. The number of rotatable bonds is 9. The van der Waals surface area contributed by atoms with E-state index < -0.39 is 0 Å². The Hall–Kier alpha value is -3.22. The van der Waals surface area contributed by atoms with Gasteiger partial charge in [0.15, 0.2) is 6.10 Å². The Balaban J connectivity index is 0.000000700. The summed E-state index contributed by atoms with van der Waals surface area (Å²) in [7, 11) is 3.71. The van der Waals surface area contributed by atoms with Crippen molar-refractivity contribution >= 4 is 12.8 Å². The van der Waals surface area contributed by atoms with E-state index in [4.69, 9.17) is 19.6 Å². The number of nitrogens with one attached hydrogen (secondary N) is 1. The zero-order chi connectivity index (χ0) is 30.3. The molecule has 0 radical (unpaired) electrons. The highest BCUT2D eigenvalue weighted by atomic mass is 16.6. The third-order valence-electron chi connectivity index (χ3n) is 7.04. The molecule has 2 saturated heterocycles. The van der Waals surface area contributed by atoms with Crippen molar-refractivity contribution in [2.75, 3.05) is 33.9 Å². The lowest BCUT2D eigenvalue weighted by atomic mass is 9.78. The number of aryl methyl sites for hydroxylation is 1. The summed E-state index contributed by atoms with van der Waals surface area (Å²) in [5.74, 6) is 0.792. The maximum Gasteiger partial charge on any atom is 0.516 e.